The maximum Gasteiger partial charge on any atom is 0.224 e. The van der Waals surface area contributed by atoms with Crippen molar-refractivity contribution in [3.05, 3.63) is 53.1 Å². The minimum absolute atomic E-state index is 0.0351. The fraction of sp³-hybridized carbons (Fsp3) is 0.353. The lowest BCUT2D eigenvalue weighted by Crippen LogP contribution is -2.24. The third-order valence-electron chi connectivity index (χ3n) is 4.18. The molecule has 9 heteroatoms. The van der Waals surface area contributed by atoms with Crippen LogP contribution in [0.25, 0.3) is 0 Å². The summed E-state index contributed by atoms with van der Waals surface area (Å²) in [7, 11) is 3.64. The molecule has 136 valence electrons. The molecule has 1 N–H and O–H groups in total. The van der Waals surface area contributed by atoms with Crippen molar-refractivity contribution in [3.8, 4) is 5.75 Å². The van der Waals surface area contributed by atoms with Crippen molar-refractivity contribution in [1.82, 2.24) is 35.3 Å². The number of ether oxygens (including phenoxy) is 1. The van der Waals surface area contributed by atoms with Crippen LogP contribution in [0.1, 0.15) is 22.6 Å². The Morgan fingerprint density at radius 3 is 2.58 bits per heavy atom. The summed E-state index contributed by atoms with van der Waals surface area (Å²) in [6, 6.07) is 7.41. The molecule has 0 spiro atoms. The van der Waals surface area contributed by atoms with Crippen LogP contribution in [0, 0.1) is 6.92 Å². The fourth-order valence-corrected chi connectivity index (χ4v) is 2.38. The first kappa shape index (κ1) is 17.6. The van der Waals surface area contributed by atoms with Gasteiger partial charge in [-0.1, -0.05) is 12.1 Å². The number of aryl methyl sites for hydroxylation is 2. The highest BCUT2D eigenvalue weighted by Gasteiger charge is 2.08. The number of amides is 1. The molecule has 2 heterocycles. The van der Waals surface area contributed by atoms with Crippen molar-refractivity contribution in [2.45, 2.75) is 26.5 Å². The lowest BCUT2D eigenvalue weighted by Gasteiger charge is -2.07. The number of carbonyl (C=O) groups is 1. The first-order chi connectivity index (χ1) is 12.5. The molecule has 0 radical (unpaired) electrons. The molecule has 9 nitrogen and oxygen atoms in total. The Balaban J connectivity index is 1.48. The highest BCUT2D eigenvalue weighted by molar-refractivity contribution is 5.78. The van der Waals surface area contributed by atoms with Gasteiger partial charge in [-0.2, -0.15) is 5.10 Å². The number of nitrogens with zero attached hydrogens (tertiary/aromatic N) is 6. The number of nitrogens with one attached hydrogen (secondary N) is 1. The van der Waals surface area contributed by atoms with Crippen molar-refractivity contribution in [1.29, 1.82) is 0 Å². The summed E-state index contributed by atoms with van der Waals surface area (Å²) in [6.45, 7) is 2.74. The quantitative estimate of drug-likeness (QED) is 0.669. The molecule has 0 saturated heterocycles. The van der Waals surface area contributed by atoms with Crippen LogP contribution >= 0.6 is 0 Å². The number of rotatable bonds is 7. The topological polar surface area (TPSA) is 99.8 Å². The van der Waals surface area contributed by atoms with Crippen molar-refractivity contribution < 1.29 is 9.53 Å². The monoisotopic (exact) mass is 355 g/mol. The van der Waals surface area contributed by atoms with Crippen LogP contribution < -0.4 is 10.1 Å². The van der Waals surface area contributed by atoms with Crippen LogP contribution in [-0.2, 0) is 38.5 Å². The van der Waals surface area contributed by atoms with E-state index in [0.717, 1.165) is 16.8 Å². The maximum absolute atomic E-state index is 12.1. The summed E-state index contributed by atoms with van der Waals surface area (Å²) in [5.74, 6) is 1.30. The first-order valence-corrected chi connectivity index (χ1v) is 8.20. The van der Waals surface area contributed by atoms with Crippen LogP contribution in [0.3, 0.4) is 0 Å². The molecule has 1 amide bonds. The Morgan fingerprint density at radius 2 is 1.96 bits per heavy atom. The summed E-state index contributed by atoms with van der Waals surface area (Å²) in [6.07, 6.45) is 2.08. The highest BCUT2D eigenvalue weighted by Crippen LogP contribution is 2.14. The second kappa shape index (κ2) is 7.77. The zero-order valence-electron chi connectivity index (χ0n) is 15.0. The van der Waals surface area contributed by atoms with Gasteiger partial charge < -0.3 is 10.1 Å². The summed E-state index contributed by atoms with van der Waals surface area (Å²) in [4.78, 5) is 12.1. The van der Waals surface area contributed by atoms with E-state index >= 15 is 0 Å². The van der Waals surface area contributed by atoms with Crippen LogP contribution in [0.4, 0.5) is 0 Å². The fourth-order valence-electron chi connectivity index (χ4n) is 2.38. The van der Waals surface area contributed by atoms with Gasteiger partial charge in [0.2, 0.25) is 5.91 Å². The van der Waals surface area contributed by atoms with Gasteiger partial charge in [0, 0.05) is 31.9 Å². The number of tetrazole rings is 1. The molecule has 1 aromatic carbocycles. The molecule has 0 aliphatic rings. The Morgan fingerprint density at radius 1 is 1.19 bits per heavy atom. The Kier molecular flexibility index (Phi) is 5.26. The van der Waals surface area contributed by atoms with Gasteiger partial charge in [0.05, 0.1) is 12.6 Å². The van der Waals surface area contributed by atoms with Gasteiger partial charge in [0.25, 0.3) is 0 Å². The Hall–Kier alpha value is -3.23. The first-order valence-electron chi connectivity index (χ1n) is 8.20. The van der Waals surface area contributed by atoms with Gasteiger partial charge in [-0.05, 0) is 35.0 Å². The van der Waals surface area contributed by atoms with Gasteiger partial charge in [0.1, 0.15) is 12.4 Å². The van der Waals surface area contributed by atoms with Crippen molar-refractivity contribution in [3.63, 3.8) is 0 Å². The molecule has 0 unspecified atom stereocenters. The maximum atomic E-state index is 12.1. The molecule has 0 fully saturated rings. The van der Waals surface area contributed by atoms with E-state index in [-0.39, 0.29) is 12.5 Å². The minimum atomic E-state index is -0.0351. The van der Waals surface area contributed by atoms with Crippen LogP contribution in [0.5, 0.6) is 5.75 Å². The standard InChI is InChI=1S/C17H21N7O2/c1-12-14(10-19-23(12)2)9-18-17(25)8-13-4-6-15(7-5-13)26-11-16-20-21-22-24(16)3/h4-7,10H,8-9,11H2,1-3H3,(H,18,25). The Bertz CT molecular complexity index is 883. The molecule has 0 aliphatic heterocycles. The number of benzene rings is 1. The summed E-state index contributed by atoms with van der Waals surface area (Å²) in [5, 5.41) is 18.3. The van der Waals surface area contributed by atoms with E-state index in [2.05, 4.69) is 25.9 Å². The average Bonchev–Trinajstić information content (AvgIpc) is 3.18. The lowest BCUT2D eigenvalue weighted by molar-refractivity contribution is -0.120. The number of aromatic nitrogens is 6. The third-order valence-corrected chi connectivity index (χ3v) is 4.18. The predicted molar refractivity (Wildman–Crippen MR) is 93.1 cm³/mol. The SMILES string of the molecule is Cc1c(CNC(=O)Cc2ccc(OCc3nnnn3C)cc2)cnn1C. The van der Waals surface area contributed by atoms with E-state index in [1.165, 1.54) is 0 Å². The summed E-state index contributed by atoms with van der Waals surface area (Å²) >= 11 is 0. The van der Waals surface area contributed by atoms with Crippen LogP contribution in [0.2, 0.25) is 0 Å². The lowest BCUT2D eigenvalue weighted by atomic mass is 10.1. The van der Waals surface area contributed by atoms with E-state index in [1.54, 1.807) is 22.6 Å². The van der Waals surface area contributed by atoms with E-state index in [0.29, 0.717) is 24.5 Å². The minimum Gasteiger partial charge on any atom is -0.486 e. The van der Waals surface area contributed by atoms with Crippen molar-refractivity contribution >= 4 is 5.91 Å². The van der Waals surface area contributed by atoms with Gasteiger partial charge in [-0.25, -0.2) is 4.68 Å². The predicted octanol–water partition coefficient (Wildman–Crippen LogP) is 0.690. The van der Waals surface area contributed by atoms with Gasteiger partial charge in [-0.15, -0.1) is 5.10 Å². The van der Waals surface area contributed by atoms with E-state index in [1.807, 2.05) is 38.2 Å². The molecule has 3 aromatic rings. The van der Waals surface area contributed by atoms with Crippen LogP contribution in [0.15, 0.2) is 30.5 Å². The molecule has 3 rings (SSSR count). The zero-order chi connectivity index (χ0) is 18.5. The molecular weight excluding hydrogens is 334 g/mol. The van der Waals surface area contributed by atoms with Gasteiger partial charge in [0.15, 0.2) is 5.82 Å². The van der Waals surface area contributed by atoms with Gasteiger partial charge in [-0.3, -0.25) is 9.48 Å². The summed E-state index contributed by atoms with van der Waals surface area (Å²) in [5.41, 5.74) is 2.98. The highest BCUT2D eigenvalue weighted by atomic mass is 16.5. The number of carbonyl (C=O) groups excluding carboxylic acids is 1. The van der Waals surface area contributed by atoms with Crippen molar-refractivity contribution in [2.24, 2.45) is 14.1 Å². The second-order valence-corrected chi connectivity index (χ2v) is 5.98. The molecule has 0 aliphatic carbocycles. The molecule has 0 bridgehead atoms. The largest absolute Gasteiger partial charge is 0.486 e. The number of hydrogen-bond acceptors (Lipinski definition) is 6. The normalized spacial score (nSPS) is 10.7. The smallest absolute Gasteiger partial charge is 0.224 e. The van der Waals surface area contributed by atoms with E-state index in [4.69, 9.17) is 4.74 Å². The molecular formula is C17H21N7O2. The molecule has 26 heavy (non-hydrogen) atoms. The van der Waals surface area contributed by atoms with Crippen molar-refractivity contribution in [2.75, 3.05) is 0 Å². The zero-order valence-corrected chi connectivity index (χ0v) is 15.0. The molecule has 0 saturated carbocycles. The molecule has 2 aromatic heterocycles. The van der Waals surface area contributed by atoms with Crippen LogP contribution in [-0.4, -0.2) is 35.9 Å². The summed E-state index contributed by atoms with van der Waals surface area (Å²) < 4.78 is 8.99. The average molecular weight is 355 g/mol. The van der Waals surface area contributed by atoms with Gasteiger partial charge >= 0.3 is 0 Å². The second-order valence-electron chi connectivity index (χ2n) is 5.98. The van der Waals surface area contributed by atoms with E-state index in [9.17, 15) is 4.79 Å². The number of hydrogen-bond donors (Lipinski definition) is 1. The third kappa shape index (κ3) is 4.24. The molecule has 0 atom stereocenters. The van der Waals surface area contributed by atoms with E-state index < -0.39 is 0 Å². The Labute approximate surface area is 151 Å².